The lowest BCUT2D eigenvalue weighted by Crippen LogP contribution is -2.16. The monoisotopic (exact) mass is 526 g/mol. The van der Waals surface area contributed by atoms with E-state index in [1.165, 1.54) is 26.4 Å². The molecule has 3 aromatic rings. The lowest BCUT2D eigenvalue weighted by Gasteiger charge is -2.07. The van der Waals surface area contributed by atoms with Crippen molar-refractivity contribution in [2.75, 3.05) is 25.3 Å². The predicted molar refractivity (Wildman–Crippen MR) is 124 cm³/mol. The zero-order valence-corrected chi connectivity index (χ0v) is 20.6. The number of carbonyl (C=O) groups is 3. The number of carbonyl (C=O) groups excluding carboxylic acids is 3. The minimum Gasteiger partial charge on any atom is -0.465 e. The Morgan fingerprint density at radius 2 is 1.77 bits per heavy atom. The molecule has 1 aromatic carbocycles. The lowest BCUT2D eigenvalue weighted by molar-refractivity contribution is -0.113. The van der Waals surface area contributed by atoms with Gasteiger partial charge in [-0.1, -0.05) is 11.8 Å². The van der Waals surface area contributed by atoms with Crippen molar-refractivity contribution in [2.24, 2.45) is 7.05 Å². The maximum atomic E-state index is 12.6. The van der Waals surface area contributed by atoms with Gasteiger partial charge in [0.05, 0.1) is 25.5 Å². The first-order chi connectivity index (χ1) is 16.7. The maximum absolute atomic E-state index is 12.6. The molecule has 0 unspecified atom stereocenters. The van der Waals surface area contributed by atoms with Crippen LogP contribution >= 0.6 is 23.1 Å². The topological polar surface area (TPSA) is 122 Å². The van der Waals surface area contributed by atoms with E-state index < -0.39 is 24.5 Å². The number of hydrogen-bond acceptors (Lipinski definition) is 10. The molecule has 0 saturated carbocycles. The van der Waals surface area contributed by atoms with Crippen molar-refractivity contribution >= 4 is 45.9 Å². The van der Waals surface area contributed by atoms with Crippen molar-refractivity contribution in [1.29, 1.82) is 0 Å². The molecule has 0 radical (unpaired) electrons. The zero-order chi connectivity index (χ0) is 25.7. The van der Waals surface area contributed by atoms with E-state index in [0.717, 1.165) is 23.1 Å². The minimum atomic E-state index is -2.92. The van der Waals surface area contributed by atoms with Gasteiger partial charge in [0.15, 0.2) is 11.0 Å². The van der Waals surface area contributed by atoms with Gasteiger partial charge in [0.25, 0.3) is 0 Å². The molecule has 0 aliphatic heterocycles. The zero-order valence-electron chi connectivity index (χ0n) is 19.0. The third kappa shape index (κ3) is 5.95. The van der Waals surface area contributed by atoms with Crippen LogP contribution in [-0.4, -0.2) is 59.2 Å². The summed E-state index contributed by atoms with van der Waals surface area (Å²) in [6.45, 7) is -1.36. The van der Waals surface area contributed by atoms with Gasteiger partial charge in [-0.05, 0) is 36.8 Å². The molecule has 0 aliphatic rings. The fraction of sp³-hybridized carbons (Fsp3) is 0.286. The van der Waals surface area contributed by atoms with Crippen LogP contribution in [-0.2, 0) is 21.3 Å². The van der Waals surface area contributed by atoms with E-state index in [-0.39, 0.29) is 26.9 Å². The number of thiophene rings is 1. The number of nitrogens with zero attached hydrogens (tertiary/aromatic N) is 3. The average molecular weight is 527 g/mol. The fourth-order valence-electron chi connectivity index (χ4n) is 3.01. The molecule has 0 atom stereocenters. The van der Waals surface area contributed by atoms with Crippen molar-refractivity contribution in [1.82, 2.24) is 14.8 Å². The number of esters is 2. The third-order valence-electron chi connectivity index (χ3n) is 4.66. The van der Waals surface area contributed by atoms with Crippen LogP contribution in [0.1, 0.15) is 25.6 Å². The molecule has 3 rings (SSSR count). The Bertz CT molecular complexity index is 1240. The quantitative estimate of drug-likeness (QED) is 0.328. The van der Waals surface area contributed by atoms with E-state index in [1.54, 1.807) is 30.7 Å². The van der Waals surface area contributed by atoms with Crippen LogP contribution in [0.2, 0.25) is 0 Å². The van der Waals surface area contributed by atoms with Gasteiger partial charge in [-0.15, -0.1) is 21.5 Å². The number of anilines is 1. The number of benzene rings is 1. The summed E-state index contributed by atoms with van der Waals surface area (Å²) in [5.41, 5.74) is 1.04. The van der Waals surface area contributed by atoms with Crippen LogP contribution in [0.5, 0.6) is 5.75 Å². The molecule has 10 nitrogen and oxygen atoms in total. The maximum Gasteiger partial charge on any atom is 0.387 e. The number of nitrogens with one attached hydrogen (secondary N) is 1. The van der Waals surface area contributed by atoms with Crippen molar-refractivity contribution < 1.29 is 37.4 Å². The number of alkyl halides is 2. The largest absolute Gasteiger partial charge is 0.465 e. The third-order valence-corrected chi connectivity index (χ3v) is 6.87. The van der Waals surface area contributed by atoms with Crippen molar-refractivity contribution in [3.8, 4) is 17.1 Å². The smallest absolute Gasteiger partial charge is 0.387 e. The highest BCUT2D eigenvalue weighted by Crippen LogP contribution is 2.34. The summed E-state index contributed by atoms with van der Waals surface area (Å²) in [5.74, 6) is -1.37. The van der Waals surface area contributed by atoms with E-state index in [2.05, 4.69) is 20.3 Å². The molecule has 2 heterocycles. The second kappa shape index (κ2) is 11.3. The number of amides is 1. The van der Waals surface area contributed by atoms with Crippen LogP contribution in [0.25, 0.3) is 11.4 Å². The summed E-state index contributed by atoms with van der Waals surface area (Å²) in [7, 11) is 4.11. The van der Waals surface area contributed by atoms with Gasteiger partial charge in [0, 0.05) is 12.6 Å². The SMILES string of the molecule is COC(=O)c1sc(NC(=O)CSc2nnc(-c3ccc(OC(F)F)cc3)n2C)c(C(=O)OC)c1C. The second-order valence-electron chi connectivity index (χ2n) is 6.85. The Morgan fingerprint density at radius 1 is 1.11 bits per heavy atom. The molecule has 35 heavy (non-hydrogen) atoms. The average Bonchev–Trinajstić information content (AvgIpc) is 3.36. The van der Waals surface area contributed by atoms with Gasteiger partial charge in [-0.2, -0.15) is 8.78 Å². The summed E-state index contributed by atoms with van der Waals surface area (Å²) in [6.07, 6.45) is 0. The van der Waals surface area contributed by atoms with Gasteiger partial charge in [-0.3, -0.25) is 4.79 Å². The van der Waals surface area contributed by atoms with Gasteiger partial charge in [0.2, 0.25) is 5.91 Å². The Hall–Kier alpha value is -3.52. The molecule has 0 spiro atoms. The second-order valence-corrected chi connectivity index (χ2v) is 8.81. The Kier molecular flexibility index (Phi) is 8.40. The Morgan fingerprint density at radius 3 is 2.37 bits per heavy atom. The lowest BCUT2D eigenvalue weighted by atomic mass is 10.1. The Balaban J connectivity index is 1.70. The highest BCUT2D eigenvalue weighted by atomic mass is 32.2. The number of methoxy groups -OCH3 is 2. The van der Waals surface area contributed by atoms with Crippen molar-refractivity contribution in [3.05, 3.63) is 40.3 Å². The molecular weight excluding hydrogens is 506 g/mol. The number of hydrogen-bond donors (Lipinski definition) is 1. The molecule has 14 heteroatoms. The first-order valence-electron chi connectivity index (χ1n) is 9.83. The first-order valence-corrected chi connectivity index (χ1v) is 11.6. The Labute approximate surface area is 206 Å². The number of halogens is 2. The highest BCUT2D eigenvalue weighted by molar-refractivity contribution is 7.99. The molecule has 0 bridgehead atoms. The van der Waals surface area contributed by atoms with Crippen LogP contribution in [0.4, 0.5) is 13.8 Å². The van der Waals surface area contributed by atoms with E-state index in [9.17, 15) is 23.2 Å². The van der Waals surface area contributed by atoms with Gasteiger partial charge in [0.1, 0.15) is 15.6 Å². The first kappa shape index (κ1) is 26.1. The van der Waals surface area contributed by atoms with Crippen LogP contribution in [0, 0.1) is 6.92 Å². The van der Waals surface area contributed by atoms with Gasteiger partial charge >= 0.3 is 18.6 Å². The minimum absolute atomic E-state index is 0.0164. The summed E-state index contributed by atoms with van der Waals surface area (Å²) >= 11 is 2.01. The molecule has 0 fully saturated rings. The molecular formula is C21H20F2N4O6S2. The molecule has 1 amide bonds. The normalized spacial score (nSPS) is 10.8. The van der Waals surface area contributed by atoms with Crippen molar-refractivity contribution in [3.63, 3.8) is 0 Å². The molecule has 0 aliphatic carbocycles. The molecule has 1 N–H and O–H groups in total. The van der Waals surface area contributed by atoms with E-state index in [1.807, 2.05) is 0 Å². The van der Waals surface area contributed by atoms with Gasteiger partial charge in [-0.25, -0.2) is 9.59 Å². The van der Waals surface area contributed by atoms with E-state index >= 15 is 0 Å². The predicted octanol–water partition coefficient (Wildman–Crippen LogP) is 3.76. The van der Waals surface area contributed by atoms with E-state index in [0.29, 0.717) is 22.1 Å². The molecule has 0 saturated heterocycles. The van der Waals surface area contributed by atoms with Crippen LogP contribution in [0.3, 0.4) is 0 Å². The van der Waals surface area contributed by atoms with Crippen LogP contribution in [0.15, 0.2) is 29.4 Å². The van der Waals surface area contributed by atoms with Crippen molar-refractivity contribution in [2.45, 2.75) is 18.7 Å². The van der Waals surface area contributed by atoms with E-state index in [4.69, 9.17) is 9.47 Å². The summed E-state index contributed by atoms with van der Waals surface area (Å²) in [5, 5.41) is 11.4. The van der Waals surface area contributed by atoms with Crippen LogP contribution < -0.4 is 10.1 Å². The molecule has 186 valence electrons. The standard InChI is InChI=1S/C21H20F2N4O6S2/c1-10-14(18(29)31-3)17(35-15(10)19(30)32-4)24-13(28)9-34-21-26-25-16(27(21)2)11-5-7-12(8-6-11)33-20(22)23/h5-8,20H,9H2,1-4H3,(H,24,28). The fourth-order valence-corrected chi connectivity index (χ4v) is 4.85. The summed E-state index contributed by atoms with van der Waals surface area (Å²) < 4.78 is 40.1. The number of ether oxygens (including phenoxy) is 3. The summed E-state index contributed by atoms with van der Waals surface area (Å²) in [4.78, 5) is 37.0. The van der Waals surface area contributed by atoms with Gasteiger partial charge < -0.3 is 24.1 Å². The highest BCUT2D eigenvalue weighted by Gasteiger charge is 2.27. The number of rotatable bonds is 9. The number of aromatic nitrogens is 3. The molecule has 2 aromatic heterocycles. The summed E-state index contributed by atoms with van der Waals surface area (Å²) in [6, 6.07) is 5.91. The number of thioether (sulfide) groups is 1.